The summed E-state index contributed by atoms with van der Waals surface area (Å²) in [4.78, 5) is 11.0. The van der Waals surface area contributed by atoms with E-state index in [-0.39, 0.29) is 5.92 Å². The van der Waals surface area contributed by atoms with Gasteiger partial charge in [0.1, 0.15) is 6.29 Å². The van der Waals surface area contributed by atoms with E-state index in [4.69, 9.17) is 0 Å². The first-order valence-electron chi connectivity index (χ1n) is 6.01. The Morgan fingerprint density at radius 3 is 2.39 bits per heavy atom. The first-order valence-corrected chi connectivity index (χ1v) is 7.86. The lowest BCUT2D eigenvalue weighted by Crippen LogP contribution is -2.37. The predicted octanol–water partition coefficient (Wildman–Crippen LogP) is 1.64. The number of benzene rings is 1. The summed E-state index contributed by atoms with van der Waals surface area (Å²) in [7, 11) is -3.08. The summed E-state index contributed by atoms with van der Waals surface area (Å²) < 4.78 is 24.4. The van der Waals surface area contributed by atoms with Crippen molar-refractivity contribution in [1.29, 1.82) is 0 Å². The van der Waals surface area contributed by atoms with Crippen molar-refractivity contribution < 1.29 is 13.2 Å². The number of carbonyl (C=O) groups is 1. The molecule has 0 radical (unpaired) electrons. The molecule has 4 nitrogen and oxygen atoms in total. The molecule has 0 atom stereocenters. The van der Waals surface area contributed by atoms with Crippen molar-refractivity contribution in [3.63, 3.8) is 0 Å². The van der Waals surface area contributed by atoms with E-state index in [0.717, 1.165) is 30.3 Å². The van der Waals surface area contributed by atoms with Crippen LogP contribution in [-0.4, -0.2) is 38.4 Å². The average molecular weight is 267 g/mol. The van der Waals surface area contributed by atoms with Gasteiger partial charge in [0, 0.05) is 18.7 Å². The molecule has 1 aliphatic heterocycles. The maximum Gasteiger partial charge on any atom is 0.211 e. The number of hydrogen-bond acceptors (Lipinski definition) is 3. The lowest BCUT2D eigenvalue weighted by atomic mass is 9.87. The summed E-state index contributed by atoms with van der Waals surface area (Å²) in [6.45, 7) is 1.08. The highest BCUT2D eigenvalue weighted by atomic mass is 32.2. The van der Waals surface area contributed by atoms with Gasteiger partial charge in [-0.1, -0.05) is 24.3 Å². The maximum absolute atomic E-state index is 11.4. The molecule has 98 valence electrons. The van der Waals surface area contributed by atoms with Gasteiger partial charge in [-0.25, -0.2) is 12.7 Å². The van der Waals surface area contributed by atoms with Crippen LogP contribution in [0.3, 0.4) is 0 Å². The summed E-state index contributed by atoms with van der Waals surface area (Å²) in [5, 5.41) is 0. The standard InChI is InChI=1S/C13H17NO3S/c1-18(16,17)14-8-6-11(7-9-14)13-5-3-2-4-12(13)10-15/h2-5,10-11H,6-9H2,1H3. The summed E-state index contributed by atoms with van der Waals surface area (Å²) in [5.74, 6) is 0.282. The number of nitrogens with zero attached hydrogens (tertiary/aromatic N) is 1. The molecule has 5 heteroatoms. The first-order chi connectivity index (χ1) is 8.52. The SMILES string of the molecule is CS(=O)(=O)N1CCC(c2ccccc2C=O)CC1. The molecule has 1 fully saturated rings. The van der Waals surface area contributed by atoms with Gasteiger partial charge in [0.2, 0.25) is 10.0 Å². The van der Waals surface area contributed by atoms with Crippen LogP contribution in [0.25, 0.3) is 0 Å². The van der Waals surface area contributed by atoms with E-state index in [2.05, 4.69) is 0 Å². The van der Waals surface area contributed by atoms with Crippen molar-refractivity contribution in [2.24, 2.45) is 0 Å². The number of carbonyl (C=O) groups excluding carboxylic acids is 1. The van der Waals surface area contributed by atoms with Crippen LogP contribution in [0.5, 0.6) is 0 Å². The molecule has 1 heterocycles. The Morgan fingerprint density at radius 2 is 1.83 bits per heavy atom. The fourth-order valence-corrected chi connectivity index (χ4v) is 3.36. The van der Waals surface area contributed by atoms with Gasteiger partial charge in [-0.3, -0.25) is 4.79 Å². The Kier molecular flexibility index (Phi) is 3.82. The summed E-state index contributed by atoms with van der Waals surface area (Å²) >= 11 is 0. The number of sulfonamides is 1. The molecule has 1 aliphatic rings. The number of rotatable bonds is 3. The molecule has 0 aliphatic carbocycles. The molecule has 0 saturated carbocycles. The second-order valence-corrected chi connectivity index (χ2v) is 6.67. The van der Waals surface area contributed by atoms with E-state index in [1.54, 1.807) is 0 Å². The normalized spacial score (nSPS) is 18.7. The van der Waals surface area contributed by atoms with Crippen LogP contribution < -0.4 is 0 Å². The van der Waals surface area contributed by atoms with Crippen LogP contribution in [0.2, 0.25) is 0 Å². The van der Waals surface area contributed by atoms with Crippen molar-refractivity contribution in [1.82, 2.24) is 4.31 Å². The molecule has 1 aromatic carbocycles. The van der Waals surface area contributed by atoms with Gasteiger partial charge in [0.25, 0.3) is 0 Å². The minimum absolute atomic E-state index is 0.282. The molecule has 18 heavy (non-hydrogen) atoms. The van der Waals surface area contributed by atoms with Crippen LogP contribution in [-0.2, 0) is 10.0 Å². The Labute approximate surface area is 108 Å². The summed E-state index contributed by atoms with van der Waals surface area (Å²) in [6.07, 6.45) is 3.67. The quantitative estimate of drug-likeness (QED) is 0.782. The molecule has 0 bridgehead atoms. The zero-order chi connectivity index (χ0) is 13.2. The third-order valence-corrected chi connectivity index (χ3v) is 4.79. The van der Waals surface area contributed by atoms with E-state index in [1.165, 1.54) is 10.6 Å². The molecule has 1 aromatic rings. The highest BCUT2D eigenvalue weighted by Gasteiger charge is 2.26. The van der Waals surface area contributed by atoms with Crippen LogP contribution in [0.1, 0.15) is 34.7 Å². The third kappa shape index (κ3) is 2.79. The number of hydrogen-bond donors (Lipinski definition) is 0. The number of aldehydes is 1. The lowest BCUT2D eigenvalue weighted by Gasteiger charge is -2.30. The number of piperidine rings is 1. The molecule has 0 spiro atoms. The predicted molar refractivity (Wildman–Crippen MR) is 70.2 cm³/mol. The molecule has 0 aromatic heterocycles. The third-order valence-electron chi connectivity index (χ3n) is 3.49. The second kappa shape index (κ2) is 5.20. The van der Waals surface area contributed by atoms with Crippen LogP contribution in [0.15, 0.2) is 24.3 Å². The van der Waals surface area contributed by atoms with Gasteiger partial charge in [0.15, 0.2) is 0 Å². The first kappa shape index (κ1) is 13.2. The van der Waals surface area contributed by atoms with E-state index in [0.29, 0.717) is 13.1 Å². The van der Waals surface area contributed by atoms with Gasteiger partial charge < -0.3 is 0 Å². The second-order valence-electron chi connectivity index (χ2n) is 4.68. The minimum Gasteiger partial charge on any atom is -0.298 e. The van der Waals surface area contributed by atoms with Crippen molar-refractivity contribution in [2.75, 3.05) is 19.3 Å². The monoisotopic (exact) mass is 267 g/mol. The zero-order valence-electron chi connectivity index (χ0n) is 10.4. The minimum atomic E-state index is -3.08. The van der Waals surface area contributed by atoms with E-state index >= 15 is 0 Å². The van der Waals surface area contributed by atoms with Gasteiger partial charge in [-0.2, -0.15) is 0 Å². The Morgan fingerprint density at radius 1 is 1.22 bits per heavy atom. The van der Waals surface area contributed by atoms with Gasteiger partial charge >= 0.3 is 0 Å². The summed E-state index contributed by atoms with van der Waals surface area (Å²) in [6, 6.07) is 7.54. The highest BCUT2D eigenvalue weighted by molar-refractivity contribution is 7.88. The van der Waals surface area contributed by atoms with E-state index in [9.17, 15) is 13.2 Å². The maximum atomic E-state index is 11.4. The Bertz CT molecular complexity index is 531. The fourth-order valence-electron chi connectivity index (χ4n) is 2.49. The molecular weight excluding hydrogens is 250 g/mol. The zero-order valence-corrected chi connectivity index (χ0v) is 11.2. The average Bonchev–Trinajstić information content (AvgIpc) is 2.38. The summed E-state index contributed by atoms with van der Waals surface area (Å²) in [5.41, 5.74) is 1.76. The molecule has 0 unspecified atom stereocenters. The van der Waals surface area contributed by atoms with Gasteiger partial charge in [-0.15, -0.1) is 0 Å². The van der Waals surface area contributed by atoms with Gasteiger partial charge in [0.05, 0.1) is 6.26 Å². The smallest absolute Gasteiger partial charge is 0.211 e. The van der Waals surface area contributed by atoms with E-state index in [1.807, 2.05) is 24.3 Å². The molecule has 0 amide bonds. The van der Waals surface area contributed by atoms with Crippen molar-refractivity contribution in [2.45, 2.75) is 18.8 Å². The van der Waals surface area contributed by atoms with Gasteiger partial charge in [-0.05, 0) is 24.3 Å². The lowest BCUT2D eigenvalue weighted by molar-refractivity contribution is 0.112. The molecule has 1 saturated heterocycles. The largest absolute Gasteiger partial charge is 0.298 e. The van der Waals surface area contributed by atoms with E-state index < -0.39 is 10.0 Å². The van der Waals surface area contributed by atoms with Crippen molar-refractivity contribution >= 4 is 16.3 Å². The topological polar surface area (TPSA) is 54.5 Å². The Balaban J connectivity index is 2.12. The van der Waals surface area contributed by atoms with Crippen molar-refractivity contribution in [3.8, 4) is 0 Å². The molecular formula is C13H17NO3S. The van der Waals surface area contributed by atoms with Crippen LogP contribution >= 0.6 is 0 Å². The van der Waals surface area contributed by atoms with Crippen molar-refractivity contribution in [3.05, 3.63) is 35.4 Å². The van der Waals surface area contributed by atoms with Crippen LogP contribution in [0.4, 0.5) is 0 Å². The Hall–Kier alpha value is -1.20. The molecule has 0 N–H and O–H groups in total. The highest BCUT2D eigenvalue weighted by Crippen LogP contribution is 2.30. The fraction of sp³-hybridized carbons (Fsp3) is 0.462. The van der Waals surface area contributed by atoms with Crippen LogP contribution in [0, 0.1) is 0 Å². The molecule has 2 rings (SSSR count).